The molecule has 4 unspecified atom stereocenters. The van der Waals surface area contributed by atoms with Gasteiger partial charge < -0.3 is 14.4 Å². The zero-order valence-electron chi connectivity index (χ0n) is 13.8. The topological polar surface area (TPSA) is 72.9 Å². The smallest absolute Gasteiger partial charge is 0.338 e. The van der Waals surface area contributed by atoms with Crippen molar-refractivity contribution in [3.8, 4) is 0 Å². The van der Waals surface area contributed by atoms with E-state index in [1.165, 1.54) is 14.0 Å². The minimum Gasteiger partial charge on any atom is -0.469 e. The number of nitrogens with zero attached hydrogens (tertiary/aromatic N) is 1. The summed E-state index contributed by atoms with van der Waals surface area (Å²) in [6, 6.07) is 8.44. The molecule has 3 rings (SSSR count). The van der Waals surface area contributed by atoms with Gasteiger partial charge in [0.1, 0.15) is 12.0 Å². The highest BCUT2D eigenvalue weighted by molar-refractivity contribution is 5.90. The third-order valence-electron chi connectivity index (χ3n) is 4.97. The Hall–Kier alpha value is -2.37. The summed E-state index contributed by atoms with van der Waals surface area (Å²) in [6.45, 7) is 1.51. The van der Waals surface area contributed by atoms with Gasteiger partial charge in [-0.05, 0) is 25.0 Å². The van der Waals surface area contributed by atoms with Crippen molar-refractivity contribution >= 4 is 17.8 Å². The van der Waals surface area contributed by atoms with Gasteiger partial charge in [-0.15, -0.1) is 0 Å². The number of amides is 1. The van der Waals surface area contributed by atoms with Gasteiger partial charge in [0.2, 0.25) is 5.91 Å². The molecule has 2 aliphatic rings. The van der Waals surface area contributed by atoms with Crippen molar-refractivity contribution in [2.45, 2.75) is 44.4 Å². The lowest BCUT2D eigenvalue weighted by molar-refractivity contribution is -0.159. The van der Waals surface area contributed by atoms with Crippen molar-refractivity contribution in [1.29, 1.82) is 0 Å². The molecule has 0 aromatic heterocycles. The Labute approximate surface area is 140 Å². The number of methoxy groups -OCH3 is 1. The van der Waals surface area contributed by atoms with E-state index >= 15 is 0 Å². The molecule has 4 atom stereocenters. The number of carbonyl (C=O) groups is 3. The molecule has 6 heteroatoms. The molecule has 0 radical (unpaired) electrons. The van der Waals surface area contributed by atoms with Crippen LogP contribution < -0.4 is 0 Å². The number of ether oxygens (including phenoxy) is 2. The first-order valence-corrected chi connectivity index (χ1v) is 8.15. The summed E-state index contributed by atoms with van der Waals surface area (Å²) in [6.07, 6.45) is 1.44. The minimum atomic E-state index is -0.634. The van der Waals surface area contributed by atoms with Crippen LogP contribution in [0.15, 0.2) is 30.3 Å². The lowest BCUT2D eigenvalue weighted by Crippen LogP contribution is -2.56. The Morgan fingerprint density at radius 1 is 1.12 bits per heavy atom. The van der Waals surface area contributed by atoms with Crippen molar-refractivity contribution in [3.63, 3.8) is 0 Å². The van der Waals surface area contributed by atoms with E-state index in [0.29, 0.717) is 12.0 Å². The third kappa shape index (κ3) is 2.88. The summed E-state index contributed by atoms with van der Waals surface area (Å²) in [5.41, 5.74) is 0.447. The lowest BCUT2D eigenvalue weighted by atomic mass is 9.87. The molecule has 1 aromatic rings. The van der Waals surface area contributed by atoms with E-state index in [-0.39, 0.29) is 18.0 Å². The van der Waals surface area contributed by atoms with Crippen molar-refractivity contribution in [2.75, 3.05) is 7.11 Å². The molecule has 0 N–H and O–H groups in total. The van der Waals surface area contributed by atoms with Crippen LogP contribution in [0, 0.1) is 5.92 Å². The quantitative estimate of drug-likeness (QED) is 0.790. The van der Waals surface area contributed by atoms with Gasteiger partial charge in [0, 0.05) is 25.4 Å². The van der Waals surface area contributed by atoms with Crippen LogP contribution in [0.25, 0.3) is 0 Å². The summed E-state index contributed by atoms with van der Waals surface area (Å²) in [4.78, 5) is 38.4. The average Bonchev–Trinajstić information content (AvgIpc) is 2.90. The SMILES string of the molecule is COC(=O)C1C(OC(=O)c2ccccc2)CC2CCC1N2C(C)=O. The second-order valence-corrected chi connectivity index (χ2v) is 6.32. The van der Waals surface area contributed by atoms with Crippen LogP contribution in [0.1, 0.15) is 36.5 Å². The van der Waals surface area contributed by atoms with Gasteiger partial charge >= 0.3 is 11.9 Å². The molecule has 2 saturated heterocycles. The van der Waals surface area contributed by atoms with E-state index in [4.69, 9.17) is 9.47 Å². The summed E-state index contributed by atoms with van der Waals surface area (Å²) in [5, 5.41) is 0. The largest absolute Gasteiger partial charge is 0.469 e. The van der Waals surface area contributed by atoms with Gasteiger partial charge in [-0.1, -0.05) is 18.2 Å². The molecular formula is C18H21NO5. The molecule has 0 aliphatic carbocycles. The molecule has 2 heterocycles. The van der Waals surface area contributed by atoms with Crippen LogP contribution in [0.4, 0.5) is 0 Å². The highest BCUT2D eigenvalue weighted by Crippen LogP contribution is 2.41. The van der Waals surface area contributed by atoms with E-state index in [0.717, 1.165) is 12.8 Å². The predicted molar refractivity (Wildman–Crippen MR) is 85.1 cm³/mol. The van der Waals surface area contributed by atoms with Crippen molar-refractivity contribution in [1.82, 2.24) is 4.90 Å². The van der Waals surface area contributed by atoms with Gasteiger partial charge in [-0.2, -0.15) is 0 Å². The first-order valence-electron chi connectivity index (χ1n) is 8.15. The molecule has 1 amide bonds. The average molecular weight is 331 g/mol. The lowest BCUT2D eigenvalue weighted by Gasteiger charge is -2.42. The van der Waals surface area contributed by atoms with Crippen LogP contribution >= 0.6 is 0 Å². The number of hydrogen-bond acceptors (Lipinski definition) is 5. The van der Waals surface area contributed by atoms with E-state index in [2.05, 4.69) is 0 Å². The molecule has 1 aromatic carbocycles. The van der Waals surface area contributed by atoms with Crippen molar-refractivity contribution in [2.24, 2.45) is 5.92 Å². The minimum absolute atomic E-state index is 0.0157. The zero-order valence-corrected chi connectivity index (χ0v) is 13.8. The molecule has 6 nitrogen and oxygen atoms in total. The van der Waals surface area contributed by atoms with Crippen LogP contribution in [0.2, 0.25) is 0 Å². The standard InChI is InChI=1S/C18H21NO5/c1-11(20)19-13-8-9-14(19)16(18(22)23-2)15(10-13)24-17(21)12-6-4-3-5-7-12/h3-7,13-16H,8-10H2,1-2H3. The Balaban J connectivity index is 1.83. The second kappa shape index (κ2) is 6.63. The van der Waals surface area contributed by atoms with E-state index in [9.17, 15) is 14.4 Å². The van der Waals surface area contributed by atoms with Gasteiger partial charge in [-0.25, -0.2) is 4.79 Å². The second-order valence-electron chi connectivity index (χ2n) is 6.32. The fourth-order valence-corrected chi connectivity index (χ4v) is 4.00. The third-order valence-corrected chi connectivity index (χ3v) is 4.97. The van der Waals surface area contributed by atoms with E-state index in [1.54, 1.807) is 29.2 Å². The Kier molecular flexibility index (Phi) is 4.55. The van der Waals surface area contributed by atoms with Gasteiger partial charge in [-0.3, -0.25) is 9.59 Å². The Morgan fingerprint density at radius 2 is 1.83 bits per heavy atom. The maximum atomic E-state index is 12.4. The molecule has 128 valence electrons. The molecule has 0 spiro atoms. The zero-order chi connectivity index (χ0) is 17.3. The fourth-order valence-electron chi connectivity index (χ4n) is 4.00. The number of esters is 2. The molecule has 2 bridgehead atoms. The Bertz CT molecular complexity index is 644. The van der Waals surface area contributed by atoms with E-state index < -0.39 is 24.0 Å². The summed E-state index contributed by atoms with van der Waals surface area (Å²) in [5.74, 6) is -1.57. The molecule has 24 heavy (non-hydrogen) atoms. The predicted octanol–water partition coefficient (Wildman–Crippen LogP) is 1.78. The van der Waals surface area contributed by atoms with Crippen molar-refractivity contribution < 1.29 is 23.9 Å². The first-order chi connectivity index (χ1) is 11.5. The van der Waals surface area contributed by atoms with Crippen LogP contribution in [-0.4, -0.2) is 48.0 Å². The summed E-state index contributed by atoms with van der Waals surface area (Å²) < 4.78 is 10.6. The highest BCUT2D eigenvalue weighted by Gasteiger charge is 2.53. The summed E-state index contributed by atoms with van der Waals surface area (Å²) in [7, 11) is 1.32. The number of piperidine rings is 1. The van der Waals surface area contributed by atoms with Gasteiger partial charge in [0.25, 0.3) is 0 Å². The van der Waals surface area contributed by atoms with Gasteiger partial charge in [0.05, 0.1) is 12.7 Å². The van der Waals surface area contributed by atoms with E-state index in [1.807, 2.05) is 6.07 Å². The van der Waals surface area contributed by atoms with Crippen molar-refractivity contribution in [3.05, 3.63) is 35.9 Å². The first kappa shape index (κ1) is 16.5. The maximum absolute atomic E-state index is 12.4. The van der Waals surface area contributed by atoms with Gasteiger partial charge in [0.15, 0.2) is 0 Å². The number of benzene rings is 1. The van der Waals surface area contributed by atoms with Crippen LogP contribution in [0.5, 0.6) is 0 Å². The molecule has 0 saturated carbocycles. The molecule has 2 aliphatic heterocycles. The number of hydrogen-bond donors (Lipinski definition) is 0. The number of fused-ring (bicyclic) bond motifs is 2. The monoisotopic (exact) mass is 331 g/mol. The fraction of sp³-hybridized carbons (Fsp3) is 0.500. The number of carbonyl (C=O) groups excluding carboxylic acids is 3. The maximum Gasteiger partial charge on any atom is 0.338 e. The number of rotatable bonds is 3. The Morgan fingerprint density at radius 3 is 2.46 bits per heavy atom. The molecular weight excluding hydrogens is 310 g/mol. The summed E-state index contributed by atoms with van der Waals surface area (Å²) >= 11 is 0. The highest BCUT2D eigenvalue weighted by atomic mass is 16.6. The van der Waals surface area contributed by atoms with Crippen LogP contribution in [-0.2, 0) is 19.1 Å². The normalized spacial score (nSPS) is 28.3. The molecule has 2 fully saturated rings. The van der Waals surface area contributed by atoms with Crippen LogP contribution in [0.3, 0.4) is 0 Å².